The second-order valence-corrected chi connectivity index (χ2v) is 9.86. The summed E-state index contributed by atoms with van der Waals surface area (Å²) < 4.78 is 11.9. The topological polar surface area (TPSA) is 156 Å². The number of aliphatic carboxylic acids is 2. The molecule has 0 aliphatic carbocycles. The summed E-state index contributed by atoms with van der Waals surface area (Å²) in [6.07, 6.45) is 5.61. The Kier molecular flexibility index (Phi) is 11.6. The maximum absolute atomic E-state index is 13.0. The van der Waals surface area contributed by atoms with E-state index < -0.39 is 29.9 Å². The molecule has 0 spiro atoms. The number of nitrogens with zero attached hydrogens (tertiary/aromatic N) is 1. The lowest BCUT2D eigenvalue weighted by Gasteiger charge is -2.25. The number of hydrogen-bond donors (Lipinski definition) is 3. The average molecular weight is 496 g/mol. The van der Waals surface area contributed by atoms with E-state index in [0.29, 0.717) is 19.3 Å². The number of rotatable bonds is 10. The molecule has 0 radical (unpaired) electrons. The van der Waals surface area contributed by atoms with Crippen molar-refractivity contribution < 1.29 is 43.5 Å². The third-order valence-electron chi connectivity index (χ3n) is 5.92. The Morgan fingerprint density at radius 2 is 1.51 bits per heavy atom. The van der Waals surface area contributed by atoms with Crippen molar-refractivity contribution in [3.05, 3.63) is 23.3 Å². The number of carboxylic acids is 2. The van der Waals surface area contributed by atoms with Crippen LogP contribution in [0.2, 0.25) is 0 Å². The predicted octanol–water partition coefficient (Wildman–Crippen LogP) is 2.85. The van der Waals surface area contributed by atoms with Crippen molar-refractivity contribution in [1.82, 2.24) is 0 Å². The molecule has 0 fully saturated rings. The summed E-state index contributed by atoms with van der Waals surface area (Å²) in [4.78, 5) is 47.6. The highest BCUT2D eigenvalue weighted by molar-refractivity contribution is 6.34. The van der Waals surface area contributed by atoms with E-state index in [1.807, 2.05) is 13.8 Å². The molecule has 10 nitrogen and oxygen atoms in total. The Balaban J connectivity index is 3.07. The summed E-state index contributed by atoms with van der Waals surface area (Å²) >= 11 is 0. The zero-order valence-corrected chi connectivity index (χ0v) is 21.3. The van der Waals surface area contributed by atoms with Crippen LogP contribution in [-0.2, 0) is 28.7 Å². The van der Waals surface area contributed by atoms with E-state index in [9.17, 15) is 19.2 Å². The smallest absolute Gasteiger partial charge is 0.401 e. The van der Waals surface area contributed by atoms with Crippen LogP contribution in [0, 0.1) is 11.3 Å². The highest BCUT2D eigenvalue weighted by atomic mass is 16.5. The molecule has 2 unspecified atom stereocenters. The molecule has 1 aliphatic rings. The van der Waals surface area contributed by atoms with Crippen LogP contribution in [0.5, 0.6) is 0 Å². The molecule has 35 heavy (non-hydrogen) atoms. The van der Waals surface area contributed by atoms with Crippen molar-refractivity contribution in [3.8, 4) is 0 Å². The van der Waals surface area contributed by atoms with Gasteiger partial charge in [0.25, 0.3) is 11.8 Å². The predicted molar refractivity (Wildman–Crippen MR) is 129 cm³/mol. The van der Waals surface area contributed by atoms with E-state index in [1.165, 1.54) is 26.0 Å². The van der Waals surface area contributed by atoms with Gasteiger partial charge in [-0.1, -0.05) is 32.9 Å². The normalized spacial score (nSPS) is 21.4. The van der Waals surface area contributed by atoms with E-state index in [4.69, 9.17) is 25.5 Å². The van der Waals surface area contributed by atoms with Gasteiger partial charge in [-0.15, -0.1) is 4.68 Å². The molecule has 10 heteroatoms. The van der Waals surface area contributed by atoms with Crippen molar-refractivity contribution in [2.24, 2.45) is 17.2 Å². The summed E-state index contributed by atoms with van der Waals surface area (Å²) in [6, 6.07) is -0.896. The number of carbonyl (C=O) groups is 4. The first kappa shape index (κ1) is 29.9. The number of carbonyl (C=O) groups excluding carboxylic acids is 2. The summed E-state index contributed by atoms with van der Waals surface area (Å²) in [6.45, 7) is 9.02. The monoisotopic (exact) mass is 495 g/mol. The lowest BCUT2D eigenvalue weighted by Crippen LogP contribution is -2.46. The molecule has 0 aromatic heterocycles. The van der Waals surface area contributed by atoms with E-state index in [1.54, 1.807) is 0 Å². The van der Waals surface area contributed by atoms with Gasteiger partial charge in [-0.05, 0) is 38.0 Å². The first-order valence-electron chi connectivity index (χ1n) is 11.8. The number of hydrazone groups is 1. The van der Waals surface area contributed by atoms with Gasteiger partial charge in [0.2, 0.25) is 0 Å². The molecule has 1 aliphatic heterocycles. The van der Waals surface area contributed by atoms with Crippen molar-refractivity contribution in [1.29, 1.82) is 0 Å². The van der Waals surface area contributed by atoms with Crippen LogP contribution in [-0.4, -0.2) is 63.7 Å². The van der Waals surface area contributed by atoms with Crippen LogP contribution < -0.4 is 5.84 Å². The summed E-state index contributed by atoms with van der Waals surface area (Å²) in [5.41, 5.74) is 0.199. The van der Waals surface area contributed by atoms with Crippen LogP contribution in [0.3, 0.4) is 0 Å². The van der Waals surface area contributed by atoms with Crippen molar-refractivity contribution in [2.45, 2.75) is 79.2 Å². The minimum absolute atomic E-state index is 0.0100. The molecular weight excluding hydrogens is 456 g/mol. The van der Waals surface area contributed by atoms with Gasteiger partial charge in [0.05, 0.1) is 13.2 Å². The van der Waals surface area contributed by atoms with Gasteiger partial charge in [-0.25, -0.2) is 25.0 Å². The Hall–Kier alpha value is -3.17. The van der Waals surface area contributed by atoms with Gasteiger partial charge in [0.1, 0.15) is 0 Å². The number of hydrazine groups is 1. The van der Waals surface area contributed by atoms with E-state index in [0.717, 1.165) is 11.1 Å². The molecule has 0 saturated carbocycles. The molecular formula is C25H39N2O8+. The number of hydrogen-bond acceptors (Lipinski definition) is 7. The molecule has 0 saturated heterocycles. The third kappa shape index (κ3) is 10.3. The minimum atomic E-state index is -1.04. The molecule has 1 heterocycles. The zero-order chi connectivity index (χ0) is 26.8. The maximum atomic E-state index is 13.0. The van der Waals surface area contributed by atoms with Gasteiger partial charge in [-0.3, -0.25) is 0 Å². The molecule has 1 rings (SSSR count). The van der Waals surface area contributed by atoms with Crippen LogP contribution >= 0.6 is 0 Å². The molecule has 0 aromatic carbocycles. The molecule has 4 N–H and O–H groups in total. The second-order valence-electron chi connectivity index (χ2n) is 9.86. The zero-order valence-electron chi connectivity index (χ0n) is 21.3. The SMILES string of the molecule is CC(=CCCOC(=O)C1=[N+](N)C(C(=O)OCCC=C(C)C(=O)O)CCC(C)CC(C)(C)C1)C(=O)O. The summed E-state index contributed by atoms with van der Waals surface area (Å²) in [5.74, 6) is 3.29. The number of nitrogens with two attached hydrogens (primary N) is 1. The maximum Gasteiger partial charge on any atom is 0.401 e. The average Bonchev–Trinajstić information content (AvgIpc) is 2.80. The number of carboxylic acid groups (broad SMARTS) is 2. The fourth-order valence-electron chi connectivity index (χ4n) is 4.06. The molecule has 0 bridgehead atoms. The van der Waals surface area contributed by atoms with Crippen molar-refractivity contribution in [3.63, 3.8) is 0 Å². The van der Waals surface area contributed by atoms with Gasteiger partial charge < -0.3 is 19.7 Å². The summed E-state index contributed by atoms with van der Waals surface area (Å²) in [7, 11) is 0. The van der Waals surface area contributed by atoms with Gasteiger partial charge in [-0.2, -0.15) is 0 Å². The first-order valence-corrected chi connectivity index (χ1v) is 11.8. The van der Waals surface area contributed by atoms with E-state index >= 15 is 0 Å². The second kappa shape index (κ2) is 13.7. The Labute approximate surface area is 206 Å². The van der Waals surface area contributed by atoms with Crippen LogP contribution in [0.25, 0.3) is 0 Å². The minimum Gasteiger partial charge on any atom is -0.478 e. The molecule has 0 aromatic rings. The van der Waals surface area contributed by atoms with Crippen molar-refractivity contribution >= 4 is 29.6 Å². The number of ether oxygens (including phenoxy) is 2. The molecule has 0 amide bonds. The number of esters is 2. The fourth-order valence-corrected chi connectivity index (χ4v) is 4.06. The fraction of sp³-hybridized carbons (Fsp3) is 0.640. The Morgan fingerprint density at radius 1 is 1.00 bits per heavy atom. The molecule has 2 atom stereocenters. The Morgan fingerprint density at radius 3 is 2.03 bits per heavy atom. The first-order chi connectivity index (χ1) is 16.2. The standard InChI is InChI=1S/C25H38N2O8/c1-16-10-11-19(23(32)34-12-6-8-17(2)21(28)29)27(26)20(15-25(4,5)14-16)24(33)35-13-7-9-18(3)22(30)31/h8-9,16,19H,6-7,10-15H2,1-5H3,(H3-,26,28,29,30,31,33)/p+1. The lowest BCUT2D eigenvalue weighted by atomic mass is 9.78. The van der Waals surface area contributed by atoms with Gasteiger partial charge in [0, 0.05) is 36.8 Å². The van der Waals surface area contributed by atoms with Crippen molar-refractivity contribution in [2.75, 3.05) is 13.2 Å². The van der Waals surface area contributed by atoms with Gasteiger partial charge >= 0.3 is 23.9 Å². The lowest BCUT2D eigenvalue weighted by molar-refractivity contribution is -0.568. The quantitative estimate of drug-likeness (QED) is 0.136. The van der Waals surface area contributed by atoms with Crippen LogP contribution in [0.15, 0.2) is 23.3 Å². The van der Waals surface area contributed by atoms with Crippen LogP contribution in [0.1, 0.15) is 73.1 Å². The summed E-state index contributed by atoms with van der Waals surface area (Å²) in [5, 5.41) is 17.8. The third-order valence-corrected chi connectivity index (χ3v) is 5.92. The van der Waals surface area contributed by atoms with Gasteiger partial charge in [0.15, 0.2) is 0 Å². The highest BCUT2D eigenvalue weighted by Crippen LogP contribution is 2.33. The largest absolute Gasteiger partial charge is 0.478 e. The van der Waals surface area contributed by atoms with E-state index in [2.05, 4.69) is 6.92 Å². The van der Waals surface area contributed by atoms with E-state index in [-0.39, 0.29) is 54.2 Å². The Bertz CT molecular complexity index is 901. The molecule has 196 valence electrons. The van der Waals surface area contributed by atoms with Crippen LogP contribution in [0.4, 0.5) is 0 Å². The highest BCUT2D eigenvalue weighted by Gasteiger charge is 2.41.